The Morgan fingerprint density at radius 3 is 2.29 bits per heavy atom. The van der Waals surface area contributed by atoms with Gasteiger partial charge in [0, 0.05) is 16.5 Å². The first-order valence-electron chi connectivity index (χ1n) is 7.88. The average Bonchev–Trinajstić information content (AvgIpc) is 2.54. The Hall–Kier alpha value is -2.46. The Bertz CT molecular complexity index is 730. The number of hydrogen-bond acceptors (Lipinski definition) is 3. The summed E-state index contributed by atoms with van der Waals surface area (Å²) in [6, 6.07) is 15.0. The summed E-state index contributed by atoms with van der Waals surface area (Å²) in [6.45, 7) is 5.66. The van der Waals surface area contributed by atoms with Gasteiger partial charge in [0.25, 0.3) is 5.91 Å². The number of rotatable bonds is 5. The van der Waals surface area contributed by atoms with Gasteiger partial charge in [-0.05, 0) is 29.7 Å². The number of hydroxylamine groups is 1. The molecule has 0 aliphatic carbocycles. The van der Waals surface area contributed by atoms with Crippen molar-refractivity contribution in [1.82, 2.24) is 5.48 Å². The van der Waals surface area contributed by atoms with E-state index in [4.69, 9.17) is 4.84 Å². The maximum Gasteiger partial charge on any atom is 0.275 e. The summed E-state index contributed by atoms with van der Waals surface area (Å²) in [7, 11) is 1.40. The number of carbonyl (C=O) groups excluding carboxylic acids is 2. The number of hydrogen-bond donors (Lipinski definition) is 1. The normalized spacial score (nSPS) is 11.2. The molecule has 0 unspecified atom stereocenters. The lowest BCUT2D eigenvalue weighted by atomic mass is 9.85. The topological polar surface area (TPSA) is 55.4 Å². The minimum atomic E-state index is -0.472. The summed E-state index contributed by atoms with van der Waals surface area (Å²) in [5, 5.41) is 0. The molecule has 2 rings (SSSR count). The molecule has 0 aliphatic rings. The fraction of sp³-hybridized carbons (Fsp3) is 0.300. The van der Waals surface area contributed by atoms with Crippen molar-refractivity contribution in [3.05, 3.63) is 70.8 Å². The highest BCUT2D eigenvalue weighted by molar-refractivity contribution is 6.02. The zero-order valence-corrected chi connectivity index (χ0v) is 14.6. The van der Waals surface area contributed by atoms with Crippen molar-refractivity contribution < 1.29 is 14.4 Å². The summed E-state index contributed by atoms with van der Waals surface area (Å²) in [5.41, 5.74) is 4.86. The molecule has 126 valence electrons. The lowest BCUT2D eigenvalue weighted by molar-refractivity contribution is 0.0536. The minimum absolute atomic E-state index is 0.0514. The predicted octanol–water partition coefficient (Wildman–Crippen LogP) is 3.80. The highest BCUT2D eigenvalue weighted by Crippen LogP contribution is 2.24. The molecule has 24 heavy (non-hydrogen) atoms. The van der Waals surface area contributed by atoms with Crippen LogP contribution in [0, 0.1) is 5.41 Å². The van der Waals surface area contributed by atoms with Gasteiger partial charge in [-0.3, -0.25) is 14.4 Å². The molecule has 1 N–H and O–H groups in total. The zero-order valence-electron chi connectivity index (χ0n) is 14.6. The van der Waals surface area contributed by atoms with Gasteiger partial charge in [-0.1, -0.05) is 57.2 Å². The van der Waals surface area contributed by atoms with Gasteiger partial charge >= 0.3 is 0 Å². The third-order valence-corrected chi connectivity index (χ3v) is 3.73. The van der Waals surface area contributed by atoms with Crippen LogP contribution in [-0.4, -0.2) is 18.8 Å². The standard InChI is InChI=1S/C20H23NO3/c1-20(2,3)18(22)15-10-11-17(19(23)21-24-4)16(13-15)12-14-8-6-5-7-9-14/h5-11,13H,12H2,1-4H3,(H,21,23). The molecule has 0 atom stereocenters. The molecule has 0 aliphatic heterocycles. The highest BCUT2D eigenvalue weighted by Gasteiger charge is 2.24. The maximum atomic E-state index is 12.6. The van der Waals surface area contributed by atoms with Crippen LogP contribution in [0.1, 0.15) is 52.6 Å². The van der Waals surface area contributed by atoms with Crippen LogP contribution >= 0.6 is 0 Å². The molecule has 0 saturated carbocycles. The van der Waals surface area contributed by atoms with Crippen molar-refractivity contribution in [3.8, 4) is 0 Å². The van der Waals surface area contributed by atoms with Crippen LogP contribution in [0.4, 0.5) is 0 Å². The van der Waals surface area contributed by atoms with Crippen LogP contribution in [0.15, 0.2) is 48.5 Å². The van der Waals surface area contributed by atoms with Gasteiger partial charge in [0.1, 0.15) is 0 Å². The monoisotopic (exact) mass is 325 g/mol. The largest absolute Gasteiger partial charge is 0.294 e. The molecule has 2 aromatic rings. The van der Waals surface area contributed by atoms with Crippen LogP contribution in [0.25, 0.3) is 0 Å². The van der Waals surface area contributed by atoms with Crippen LogP contribution in [-0.2, 0) is 11.3 Å². The van der Waals surface area contributed by atoms with E-state index in [9.17, 15) is 9.59 Å². The van der Waals surface area contributed by atoms with Crippen molar-refractivity contribution in [3.63, 3.8) is 0 Å². The number of amides is 1. The molecule has 0 fully saturated rings. The van der Waals surface area contributed by atoms with Crippen molar-refractivity contribution >= 4 is 11.7 Å². The first kappa shape index (κ1) is 17.9. The van der Waals surface area contributed by atoms with E-state index in [1.807, 2.05) is 57.2 Å². The molecule has 2 aromatic carbocycles. The Morgan fingerprint density at radius 2 is 1.71 bits per heavy atom. The molecule has 0 bridgehead atoms. The SMILES string of the molecule is CONC(=O)c1ccc(C(=O)C(C)(C)C)cc1Cc1ccccc1. The Morgan fingerprint density at radius 1 is 1.04 bits per heavy atom. The number of Topliss-reactive ketones (excluding diaryl/α,β-unsaturated/α-hetero) is 1. The van der Waals surface area contributed by atoms with Gasteiger partial charge in [0.2, 0.25) is 0 Å². The molecule has 0 aromatic heterocycles. The van der Waals surface area contributed by atoms with Crippen molar-refractivity contribution in [2.75, 3.05) is 7.11 Å². The summed E-state index contributed by atoms with van der Waals surface area (Å²) in [5.74, 6) is -0.270. The van der Waals surface area contributed by atoms with E-state index >= 15 is 0 Å². The second kappa shape index (κ2) is 7.41. The maximum absolute atomic E-state index is 12.6. The van der Waals surface area contributed by atoms with Gasteiger partial charge in [-0.2, -0.15) is 0 Å². The van der Waals surface area contributed by atoms with E-state index < -0.39 is 5.41 Å². The molecular weight excluding hydrogens is 302 g/mol. The van der Waals surface area contributed by atoms with Gasteiger partial charge in [0.05, 0.1) is 7.11 Å². The van der Waals surface area contributed by atoms with Crippen LogP contribution in [0.5, 0.6) is 0 Å². The van der Waals surface area contributed by atoms with Gasteiger partial charge < -0.3 is 0 Å². The lowest BCUT2D eigenvalue weighted by Crippen LogP contribution is -2.24. The Labute approximate surface area is 142 Å². The third kappa shape index (κ3) is 4.30. The Kier molecular flexibility index (Phi) is 5.52. The van der Waals surface area contributed by atoms with E-state index in [-0.39, 0.29) is 11.7 Å². The van der Waals surface area contributed by atoms with Crippen molar-refractivity contribution in [2.24, 2.45) is 5.41 Å². The molecule has 0 radical (unpaired) electrons. The first-order chi connectivity index (χ1) is 11.3. The van der Waals surface area contributed by atoms with Gasteiger partial charge in [-0.15, -0.1) is 0 Å². The fourth-order valence-electron chi connectivity index (χ4n) is 2.50. The van der Waals surface area contributed by atoms with E-state index in [0.717, 1.165) is 11.1 Å². The van der Waals surface area contributed by atoms with Crippen molar-refractivity contribution in [1.29, 1.82) is 0 Å². The van der Waals surface area contributed by atoms with E-state index in [1.165, 1.54) is 7.11 Å². The predicted molar refractivity (Wildman–Crippen MR) is 94.0 cm³/mol. The van der Waals surface area contributed by atoms with Crippen LogP contribution in [0.3, 0.4) is 0 Å². The molecule has 0 heterocycles. The van der Waals surface area contributed by atoms with Gasteiger partial charge in [-0.25, -0.2) is 5.48 Å². The quantitative estimate of drug-likeness (QED) is 0.672. The summed E-state index contributed by atoms with van der Waals surface area (Å²) in [6.07, 6.45) is 0.568. The van der Waals surface area contributed by atoms with Gasteiger partial charge in [0.15, 0.2) is 5.78 Å². The van der Waals surface area contributed by atoms with E-state index in [2.05, 4.69) is 5.48 Å². The minimum Gasteiger partial charge on any atom is -0.294 e. The molecule has 0 saturated heterocycles. The second-order valence-corrected chi connectivity index (χ2v) is 6.75. The average molecular weight is 325 g/mol. The number of carbonyl (C=O) groups is 2. The lowest BCUT2D eigenvalue weighted by Gasteiger charge is -2.18. The fourth-order valence-corrected chi connectivity index (χ4v) is 2.50. The molecule has 4 heteroatoms. The summed E-state index contributed by atoms with van der Waals surface area (Å²) < 4.78 is 0. The molecule has 0 spiro atoms. The summed E-state index contributed by atoms with van der Waals surface area (Å²) >= 11 is 0. The Balaban J connectivity index is 2.45. The first-order valence-corrected chi connectivity index (χ1v) is 7.88. The second-order valence-electron chi connectivity index (χ2n) is 6.75. The number of benzene rings is 2. The highest BCUT2D eigenvalue weighted by atomic mass is 16.6. The smallest absolute Gasteiger partial charge is 0.275 e. The van der Waals surface area contributed by atoms with E-state index in [1.54, 1.807) is 12.1 Å². The molecular formula is C20H23NO3. The van der Waals surface area contributed by atoms with Crippen LogP contribution < -0.4 is 5.48 Å². The molecule has 1 amide bonds. The number of ketones is 1. The third-order valence-electron chi connectivity index (χ3n) is 3.73. The summed E-state index contributed by atoms with van der Waals surface area (Å²) in [4.78, 5) is 29.5. The number of nitrogens with one attached hydrogen (secondary N) is 1. The molecule has 4 nitrogen and oxygen atoms in total. The van der Waals surface area contributed by atoms with Crippen molar-refractivity contribution in [2.45, 2.75) is 27.2 Å². The zero-order chi connectivity index (χ0) is 17.7. The van der Waals surface area contributed by atoms with Crippen LogP contribution in [0.2, 0.25) is 0 Å². The van der Waals surface area contributed by atoms with E-state index in [0.29, 0.717) is 17.5 Å².